The lowest BCUT2D eigenvalue weighted by Gasteiger charge is -2.30. The van der Waals surface area contributed by atoms with E-state index in [1.54, 1.807) is 18.6 Å². The van der Waals surface area contributed by atoms with Gasteiger partial charge in [-0.05, 0) is 19.3 Å². The minimum atomic E-state index is -0.145. The molecule has 0 spiro atoms. The van der Waals surface area contributed by atoms with Crippen LogP contribution in [0, 0.1) is 5.92 Å². The van der Waals surface area contributed by atoms with Gasteiger partial charge in [0, 0.05) is 30.4 Å². The molecule has 0 saturated heterocycles. The summed E-state index contributed by atoms with van der Waals surface area (Å²) < 4.78 is 0. The second-order valence-corrected chi connectivity index (χ2v) is 6.42. The van der Waals surface area contributed by atoms with Gasteiger partial charge in [0.1, 0.15) is 5.69 Å². The minimum absolute atomic E-state index is 0.145. The number of amides is 1. The standard InChI is InChI=1S/C17H19N5O2/c23-16-12-5-8-22(17(24)11-3-1-2-4-11)10-14(12)20-15(21-16)13-9-18-6-7-19-13/h6-7,9,11H,1-5,8,10H2,(H,20,21,23). The van der Waals surface area contributed by atoms with Crippen LogP contribution in [-0.4, -0.2) is 37.3 Å². The Labute approximate surface area is 139 Å². The Bertz CT molecular complexity index is 811. The molecule has 0 atom stereocenters. The Hall–Kier alpha value is -2.57. The van der Waals surface area contributed by atoms with Crippen molar-refractivity contribution in [2.45, 2.75) is 38.6 Å². The Morgan fingerprint density at radius 1 is 1.25 bits per heavy atom. The second kappa shape index (κ2) is 6.14. The van der Waals surface area contributed by atoms with Crippen molar-refractivity contribution in [3.63, 3.8) is 0 Å². The number of nitrogens with zero attached hydrogens (tertiary/aromatic N) is 4. The van der Waals surface area contributed by atoms with E-state index in [2.05, 4.69) is 19.9 Å². The smallest absolute Gasteiger partial charge is 0.254 e. The third-order valence-corrected chi connectivity index (χ3v) is 4.90. The van der Waals surface area contributed by atoms with Crippen molar-refractivity contribution < 1.29 is 4.79 Å². The van der Waals surface area contributed by atoms with Crippen molar-refractivity contribution in [1.29, 1.82) is 0 Å². The molecular formula is C17H19N5O2. The van der Waals surface area contributed by atoms with Crippen LogP contribution in [0.25, 0.3) is 11.5 Å². The van der Waals surface area contributed by atoms with E-state index in [0.29, 0.717) is 42.3 Å². The number of hydrogen-bond donors (Lipinski definition) is 1. The maximum Gasteiger partial charge on any atom is 0.254 e. The van der Waals surface area contributed by atoms with E-state index < -0.39 is 0 Å². The van der Waals surface area contributed by atoms with Crippen molar-refractivity contribution in [3.05, 3.63) is 40.2 Å². The molecular weight excluding hydrogens is 306 g/mol. The Balaban J connectivity index is 1.63. The minimum Gasteiger partial charge on any atom is -0.336 e. The van der Waals surface area contributed by atoms with Crippen LogP contribution in [-0.2, 0) is 17.8 Å². The fraction of sp³-hybridized carbons (Fsp3) is 0.471. The summed E-state index contributed by atoms with van der Waals surface area (Å²) in [6.45, 7) is 0.999. The molecule has 0 aromatic carbocycles. The maximum atomic E-state index is 12.6. The molecule has 4 rings (SSSR count). The molecule has 1 aliphatic heterocycles. The number of rotatable bonds is 2. The fourth-order valence-corrected chi connectivity index (χ4v) is 3.60. The van der Waals surface area contributed by atoms with Crippen molar-refractivity contribution in [1.82, 2.24) is 24.8 Å². The average Bonchev–Trinajstić information content (AvgIpc) is 3.16. The Morgan fingerprint density at radius 3 is 2.83 bits per heavy atom. The molecule has 2 aromatic rings. The van der Waals surface area contributed by atoms with E-state index in [1.165, 1.54) is 0 Å². The third-order valence-electron chi connectivity index (χ3n) is 4.90. The van der Waals surface area contributed by atoms with Crippen LogP contribution in [0.5, 0.6) is 0 Å². The molecule has 0 unspecified atom stereocenters. The van der Waals surface area contributed by atoms with Crippen molar-refractivity contribution in [3.8, 4) is 11.5 Å². The maximum absolute atomic E-state index is 12.6. The number of carbonyl (C=O) groups is 1. The number of carbonyl (C=O) groups excluding carboxylic acids is 1. The Morgan fingerprint density at radius 2 is 2.08 bits per heavy atom. The van der Waals surface area contributed by atoms with Gasteiger partial charge in [-0.15, -0.1) is 0 Å². The topological polar surface area (TPSA) is 91.8 Å². The van der Waals surface area contributed by atoms with E-state index in [1.807, 2.05) is 4.90 Å². The predicted molar refractivity (Wildman–Crippen MR) is 87.0 cm³/mol. The molecule has 3 heterocycles. The van der Waals surface area contributed by atoms with Crippen LogP contribution >= 0.6 is 0 Å². The first-order valence-corrected chi connectivity index (χ1v) is 8.39. The molecule has 1 N–H and O–H groups in total. The van der Waals surface area contributed by atoms with Gasteiger partial charge in [-0.1, -0.05) is 12.8 Å². The normalized spacial score (nSPS) is 17.8. The van der Waals surface area contributed by atoms with Gasteiger partial charge in [0.05, 0.1) is 18.4 Å². The first-order chi connectivity index (χ1) is 11.7. The number of fused-ring (bicyclic) bond motifs is 1. The summed E-state index contributed by atoms with van der Waals surface area (Å²) in [4.78, 5) is 42.4. The summed E-state index contributed by atoms with van der Waals surface area (Å²) in [5.41, 5.74) is 1.74. The van der Waals surface area contributed by atoms with Gasteiger partial charge < -0.3 is 9.88 Å². The van der Waals surface area contributed by atoms with E-state index >= 15 is 0 Å². The van der Waals surface area contributed by atoms with Crippen LogP contribution < -0.4 is 5.56 Å². The molecule has 2 aliphatic rings. The van der Waals surface area contributed by atoms with E-state index in [0.717, 1.165) is 25.7 Å². The van der Waals surface area contributed by atoms with E-state index in [4.69, 9.17) is 0 Å². The highest BCUT2D eigenvalue weighted by Crippen LogP contribution is 2.28. The largest absolute Gasteiger partial charge is 0.336 e. The van der Waals surface area contributed by atoms with Crippen molar-refractivity contribution >= 4 is 5.91 Å². The zero-order valence-electron chi connectivity index (χ0n) is 13.4. The summed E-state index contributed by atoms with van der Waals surface area (Å²) in [7, 11) is 0. The van der Waals surface area contributed by atoms with Gasteiger partial charge in [-0.25, -0.2) is 9.97 Å². The zero-order chi connectivity index (χ0) is 16.5. The molecule has 124 valence electrons. The van der Waals surface area contributed by atoms with Gasteiger partial charge in [-0.3, -0.25) is 14.6 Å². The highest BCUT2D eigenvalue weighted by molar-refractivity contribution is 5.79. The van der Waals surface area contributed by atoms with Crippen LogP contribution in [0.3, 0.4) is 0 Å². The second-order valence-electron chi connectivity index (χ2n) is 6.42. The Kier molecular flexibility index (Phi) is 3.84. The quantitative estimate of drug-likeness (QED) is 0.898. The summed E-state index contributed by atoms with van der Waals surface area (Å²) in [6, 6.07) is 0. The van der Waals surface area contributed by atoms with Crippen LogP contribution in [0.1, 0.15) is 36.9 Å². The van der Waals surface area contributed by atoms with Crippen LogP contribution in [0.4, 0.5) is 0 Å². The van der Waals surface area contributed by atoms with Crippen molar-refractivity contribution in [2.75, 3.05) is 6.54 Å². The van der Waals surface area contributed by atoms with Crippen LogP contribution in [0.15, 0.2) is 23.4 Å². The average molecular weight is 325 g/mol. The highest BCUT2D eigenvalue weighted by Gasteiger charge is 2.30. The first-order valence-electron chi connectivity index (χ1n) is 8.39. The molecule has 2 aromatic heterocycles. The molecule has 24 heavy (non-hydrogen) atoms. The van der Waals surface area contributed by atoms with E-state index in [-0.39, 0.29) is 17.4 Å². The predicted octanol–water partition coefficient (Wildman–Crippen LogP) is 1.30. The molecule has 7 heteroatoms. The van der Waals surface area contributed by atoms with E-state index in [9.17, 15) is 9.59 Å². The third kappa shape index (κ3) is 2.70. The molecule has 1 amide bonds. The molecule has 1 aliphatic carbocycles. The number of hydrogen-bond acceptors (Lipinski definition) is 5. The summed E-state index contributed by atoms with van der Waals surface area (Å²) in [5.74, 6) is 0.760. The van der Waals surface area contributed by atoms with Gasteiger partial charge in [0.15, 0.2) is 5.82 Å². The SMILES string of the molecule is O=C(C1CCCC1)N1CCc2c(nc(-c3cnccn3)[nH]c2=O)C1. The van der Waals surface area contributed by atoms with Gasteiger partial charge in [0.25, 0.3) is 5.56 Å². The van der Waals surface area contributed by atoms with Gasteiger partial charge >= 0.3 is 0 Å². The summed E-state index contributed by atoms with van der Waals surface area (Å²) in [5, 5.41) is 0. The zero-order valence-corrected chi connectivity index (χ0v) is 13.4. The monoisotopic (exact) mass is 325 g/mol. The summed E-state index contributed by atoms with van der Waals surface area (Å²) in [6.07, 6.45) is 9.48. The molecule has 1 saturated carbocycles. The summed E-state index contributed by atoms with van der Waals surface area (Å²) >= 11 is 0. The van der Waals surface area contributed by atoms with Crippen LogP contribution in [0.2, 0.25) is 0 Å². The number of H-pyrrole nitrogens is 1. The highest BCUT2D eigenvalue weighted by atomic mass is 16.2. The number of aromatic nitrogens is 4. The lowest BCUT2D eigenvalue weighted by atomic mass is 10.0. The first kappa shape index (κ1) is 15.0. The van der Waals surface area contributed by atoms with Gasteiger partial charge in [0.2, 0.25) is 5.91 Å². The number of nitrogens with one attached hydrogen (secondary N) is 1. The number of aromatic amines is 1. The molecule has 1 fully saturated rings. The van der Waals surface area contributed by atoms with Gasteiger partial charge in [-0.2, -0.15) is 0 Å². The lowest BCUT2D eigenvalue weighted by Crippen LogP contribution is -2.41. The molecule has 0 radical (unpaired) electrons. The lowest BCUT2D eigenvalue weighted by molar-refractivity contribution is -0.136. The fourth-order valence-electron chi connectivity index (χ4n) is 3.60. The molecule has 7 nitrogen and oxygen atoms in total. The van der Waals surface area contributed by atoms with Crippen molar-refractivity contribution in [2.24, 2.45) is 5.92 Å². The molecule has 0 bridgehead atoms.